The lowest BCUT2D eigenvalue weighted by molar-refractivity contribution is 0.136. The molecule has 1 saturated heterocycles. The Balaban J connectivity index is 1.87. The molecule has 2 fully saturated rings. The molecule has 3 rings (SSSR count). The van der Waals surface area contributed by atoms with Crippen molar-refractivity contribution in [2.24, 2.45) is 11.8 Å². The highest BCUT2D eigenvalue weighted by atomic mass is 32.2. The minimum absolute atomic E-state index is 0.154. The fourth-order valence-corrected chi connectivity index (χ4v) is 5.36. The number of rotatable bonds is 2. The summed E-state index contributed by atoms with van der Waals surface area (Å²) in [5.74, 6) is 1.19. The molecular weight excluding hydrogens is 284 g/mol. The molecule has 0 spiro atoms. The van der Waals surface area contributed by atoms with E-state index in [0.29, 0.717) is 24.9 Å². The summed E-state index contributed by atoms with van der Waals surface area (Å²) in [6.45, 7) is 1.20. The van der Waals surface area contributed by atoms with E-state index in [4.69, 9.17) is 5.26 Å². The van der Waals surface area contributed by atoms with Gasteiger partial charge in [0, 0.05) is 13.1 Å². The lowest BCUT2D eigenvalue weighted by atomic mass is 9.76. The first kappa shape index (κ1) is 14.6. The van der Waals surface area contributed by atoms with Crippen molar-refractivity contribution in [2.75, 3.05) is 13.1 Å². The van der Waals surface area contributed by atoms with Crippen molar-refractivity contribution >= 4 is 10.0 Å². The first-order chi connectivity index (χ1) is 10.1. The van der Waals surface area contributed by atoms with E-state index in [1.165, 1.54) is 19.3 Å². The second-order valence-corrected chi connectivity index (χ2v) is 7.97. The second kappa shape index (κ2) is 5.78. The molecule has 0 bridgehead atoms. The van der Waals surface area contributed by atoms with Gasteiger partial charge in [-0.25, -0.2) is 8.42 Å². The number of sulfonamides is 1. The summed E-state index contributed by atoms with van der Waals surface area (Å²) < 4.78 is 27.2. The largest absolute Gasteiger partial charge is 0.244 e. The molecule has 1 aromatic carbocycles. The van der Waals surface area contributed by atoms with E-state index >= 15 is 0 Å². The highest BCUT2D eigenvalue weighted by Crippen LogP contribution is 2.37. The van der Waals surface area contributed by atoms with E-state index in [9.17, 15) is 8.42 Å². The van der Waals surface area contributed by atoms with Crippen LogP contribution in [0.4, 0.5) is 0 Å². The Bertz CT molecular complexity index is 663. The topological polar surface area (TPSA) is 61.2 Å². The third-order valence-corrected chi connectivity index (χ3v) is 6.80. The first-order valence-electron chi connectivity index (χ1n) is 7.62. The molecule has 0 N–H and O–H groups in total. The molecule has 1 heterocycles. The lowest BCUT2D eigenvalue weighted by Crippen LogP contribution is -2.44. The Morgan fingerprint density at radius 2 is 1.81 bits per heavy atom. The monoisotopic (exact) mass is 304 g/mol. The van der Waals surface area contributed by atoms with Gasteiger partial charge in [-0.3, -0.25) is 0 Å². The number of hydrogen-bond acceptors (Lipinski definition) is 3. The number of benzene rings is 1. The minimum atomic E-state index is -3.54. The molecular formula is C16H20N2O2S. The van der Waals surface area contributed by atoms with Crippen molar-refractivity contribution in [1.29, 1.82) is 5.26 Å². The number of nitrogens with zero attached hydrogens (tertiary/aromatic N) is 2. The SMILES string of the molecule is N#Cc1ccccc1S(=O)(=O)N1CC[C@H]2CCCC[C@@H]2C1. The lowest BCUT2D eigenvalue weighted by Gasteiger charge is -2.40. The van der Waals surface area contributed by atoms with E-state index < -0.39 is 10.0 Å². The maximum atomic E-state index is 12.8. The predicted molar refractivity (Wildman–Crippen MR) is 80.0 cm³/mol. The molecule has 21 heavy (non-hydrogen) atoms. The van der Waals surface area contributed by atoms with Crippen LogP contribution < -0.4 is 0 Å². The van der Waals surface area contributed by atoms with Gasteiger partial charge in [0.15, 0.2) is 0 Å². The molecule has 0 aromatic heterocycles. The Morgan fingerprint density at radius 1 is 1.10 bits per heavy atom. The molecule has 2 atom stereocenters. The summed E-state index contributed by atoms with van der Waals surface area (Å²) in [4.78, 5) is 0.154. The van der Waals surface area contributed by atoms with Crippen LogP contribution in [-0.2, 0) is 10.0 Å². The third-order valence-electron chi connectivity index (χ3n) is 4.88. The normalized spacial score (nSPS) is 26.8. The summed E-state index contributed by atoms with van der Waals surface area (Å²) in [6, 6.07) is 8.48. The molecule has 112 valence electrons. The van der Waals surface area contributed by atoms with Crippen molar-refractivity contribution in [1.82, 2.24) is 4.31 Å². The van der Waals surface area contributed by atoms with Crippen LogP contribution in [0.1, 0.15) is 37.7 Å². The molecule has 1 aromatic rings. The summed E-state index contributed by atoms with van der Waals surface area (Å²) >= 11 is 0. The molecule has 1 aliphatic heterocycles. The smallest absolute Gasteiger partial charge is 0.207 e. The van der Waals surface area contributed by atoms with Crippen LogP contribution in [0.3, 0.4) is 0 Å². The zero-order valence-corrected chi connectivity index (χ0v) is 12.8. The quantitative estimate of drug-likeness (QED) is 0.844. The van der Waals surface area contributed by atoms with Crippen LogP contribution in [0.2, 0.25) is 0 Å². The van der Waals surface area contributed by atoms with E-state index in [1.807, 2.05) is 6.07 Å². The average molecular weight is 304 g/mol. The van der Waals surface area contributed by atoms with Gasteiger partial charge in [0.2, 0.25) is 10.0 Å². The van der Waals surface area contributed by atoms with Crippen molar-refractivity contribution in [2.45, 2.75) is 37.0 Å². The highest BCUT2D eigenvalue weighted by molar-refractivity contribution is 7.89. The maximum Gasteiger partial charge on any atom is 0.244 e. The van der Waals surface area contributed by atoms with Crippen LogP contribution in [0.15, 0.2) is 29.2 Å². The summed E-state index contributed by atoms with van der Waals surface area (Å²) in [5.41, 5.74) is 0.239. The van der Waals surface area contributed by atoms with Gasteiger partial charge in [-0.1, -0.05) is 31.4 Å². The summed E-state index contributed by atoms with van der Waals surface area (Å²) in [5, 5.41) is 9.13. The fraction of sp³-hybridized carbons (Fsp3) is 0.562. The Kier molecular flexibility index (Phi) is 4.01. The van der Waals surface area contributed by atoms with Gasteiger partial charge in [0.05, 0.1) is 10.5 Å². The van der Waals surface area contributed by atoms with Gasteiger partial charge in [0.1, 0.15) is 6.07 Å². The molecule has 0 radical (unpaired) electrons. The Labute approximate surface area is 126 Å². The van der Waals surface area contributed by atoms with Crippen LogP contribution in [0.25, 0.3) is 0 Å². The molecule has 4 nitrogen and oxygen atoms in total. The molecule has 0 unspecified atom stereocenters. The van der Waals surface area contributed by atoms with Crippen molar-refractivity contribution in [3.05, 3.63) is 29.8 Å². The highest BCUT2D eigenvalue weighted by Gasteiger charge is 2.37. The van der Waals surface area contributed by atoms with E-state index in [1.54, 1.807) is 28.6 Å². The number of fused-ring (bicyclic) bond motifs is 1. The van der Waals surface area contributed by atoms with Gasteiger partial charge in [-0.15, -0.1) is 0 Å². The molecule has 1 aliphatic carbocycles. The Morgan fingerprint density at radius 3 is 2.57 bits per heavy atom. The standard InChI is InChI=1S/C16H20N2O2S/c17-11-14-6-3-4-8-16(14)21(19,20)18-10-9-13-5-1-2-7-15(13)12-18/h3-4,6,8,13,15H,1-2,5,7,9-10,12H2/t13-,15-/m1/s1. The number of nitriles is 1. The second-order valence-electron chi connectivity index (χ2n) is 6.06. The van der Waals surface area contributed by atoms with Gasteiger partial charge < -0.3 is 0 Å². The number of hydrogen-bond donors (Lipinski definition) is 0. The van der Waals surface area contributed by atoms with Crippen LogP contribution >= 0.6 is 0 Å². The molecule has 5 heteroatoms. The van der Waals surface area contributed by atoms with Crippen molar-refractivity contribution in [3.63, 3.8) is 0 Å². The van der Waals surface area contributed by atoms with Crippen LogP contribution in [-0.4, -0.2) is 25.8 Å². The van der Waals surface area contributed by atoms with Crippen molar-refractivity contribution < 1.29 is 8.42 Å². The average Bonchev–Trinajstić information content (AvgIpc) is 2.54. The van der Waals surface area contributed by atoms with Gasteiger partial charge in [0.25, 0.3) is 0 Å². The van der Waals surface area contributed by atoms with Crippen molar-refractivity contribution in [3.8, 4) is 6.07 Å². The number of piperidine rings is 1. The van der Waals surface area contributed by atoms with Gasteiger partial charge >= 0.3 is 0 Å². The zero-order valence-electron chi connectivity index (χ0n) is 12.0. The summed E-state index contributed by atoms with van der Waals surface area (Å²) in [6.07, 6.45) is 5.83. The van der Waals surface area contributed by atoms with Gasteiger partial charge in [-0.2, -0.15) is 9.57 Å². The van der Waals surface area contributed by atoms with Crippen LogP contribution in [0.5, 0.6) is 0 Å². The maximum absolute atomic E-state index is 12.8. The molecule has 1 saturated carbocycles. The van der Waals surface area contributed by atoms with E-state index in [0.717, 1.165) is 12.8 Å². The zero-order chi connectivity index (χ0) is 14.9. The fourth-order valence-electron chi connectivity index (χ4n) is 3.71. The van der Waals surface area contributed by atoms with E-state index in [-0.39, 0.29) is 10.5 Å². The third kappa shape index (κ3) is 2.70. The predicted octanol–water partition coefficient (Wildman–Crippen LogP) is 2.76. The Hall–Kier alpha value is -1.38. The van der Waals surface area contributed by atoms with Crippen LogP contribution in [0, 0.1) is 23.2 Å². The molecule has 2 aliphatic rings. The first-order valence-corrected chi connectivity index (χ1v) is 9.06. The minimum Gasteiger partial charge on any atom is -0.207 e. The van der Waals surface area contributed by atoms with E-state index in [2.05, 4.69) is 0 Å². The molecule has 0 amide bonds. The summed E-state index contributed by atoms with van der Waals surface area (Å²) in [7, 11) is -3.54. The van der Waals surface area contributed by atoms with Gasteiger partial charge in [-0.05, 0) is 36.8 Å².